The molecule has 4 heteroatoms. The predicted molar refractivity (Wildman–Crippen MR) is 94.0 cm³/mol. The fourth-order valence-corrected chi connectivity index (χ4v) is 2.93. The first-order valence-corrected chi connectivity index (χ1v) is 8.23. The molecule has 4 nitrogen and oxygen atoms in total. The molecule has 0 saturated heterocycles. The highest BCUT2D eigenvalue weighted by atomic mass is 16.1. The molecule has 0 atom stereocenters. The number of aryl methyl sites for hydroxylation is 2. The van der Waals surface area contributed by atoms with Gasteiger partial charge in [-0.15, -0.1) is 0 Å². The normalized spacial score (nSPS) is 14.7. The number of pyridine rings is 1. The van der Waals surface area contributed by atoms with E-state index in [-0.39, 0.29) is 5.91 Å². The molecule has 1 aromatic carbocycles. The van der Waals surface area contributed by atoms with E-state index >= 15 is 0 Å². The van der Waals surface area contributed by atoms with Crippen molar-refractivity contribution in [2.45, 2.75) is 45.6 Å². The third-order valence-corrected chi connectivity index (χ3v) is 4.50. The minimum atomic E-state index is -0.128. The molecular weight excluding hydrogens is 286 g/mol. The number of hydrogen-bond acceptors (Lipinski definition) is 3. The number of nitrogens with one attached hydrogen (secondary N) is 2. The fourth-order valence-electron chi connectivity index (χ4n) is 2.93. The summed E-state index contributed by atoms with van der Waals surface area (Å²) in [6.45, 7) is 4.04. The number of carbonyl (C=O) groups is 1. The number of benzene rings is 1. The van der Waals surface area contributed by atoms with Crippen LogP contribution in [0.5, 0.6) is 0 Å². The zero-order valence-corrected chi connectivity index (χ0v) is 13.7. The van der Waals surface area contributed by atoms with Crippen LogP contribution in [0.25, 0.3) is 0 Å². The topological polar surface area (TPSA) is 54.0 Å². The average Bonchev–Trinajstić information content (AvgIpc) is 3.05. The molecule has 1 saturated carbocycles. The molecule has 2 N–H and O–H groups in total. The highest BCUT2D eigenvalue weighted by Gasteiger charge is 2.14. The second kappa shape index (κ2) is 6.82. The van der Waals surface area contributed by atoms with Crippen LogP contribution in [0, 0.1) is 13.8 Å². The lowest BCUT2D eigenvalue weighted by Gasteiger charge is -2.13. The SMILES string of the molecule is Cc1ccc(C(=O)Nc2ccc(NC3CCCC3)cn2)cc1C. The third kappa shape index (κ3) is 3.89. The number of rotatable bonds is 4. The Morgan fingerprint density at radius 1 is 1.09 bits per heavy atom. The van der Waals surface area contributed by atoms with E-state index in [9.17, 15) is 4.79 Å². The molecule has 2 aromatic rings. The summed E-state index contributed by atoms with van der Waals surface area (Å²) in [6.07, 6.45) is 6.84. The van der Waals surface area contributed by atoms with E-state index in [2.05, 4.69) is 15.6 Å². The van der Waals surface area contributed by atoms with Crippen LogP contribution in [0.4, 0.5) is 11.5 Å². The number of carbonyl (C=O) groups excluding carboxylic acids is 1. The number of hydrogen-bond donors (Lipinski definition) is 2. The Bertz CT molecular complexity index is 688. The average molecular weight is 309 g/mol. The van der Waals surface area contributed by atoms with E-state index in [1.54, 1.807) is 6.20 Å². The molecule has 0 bridgehead atoms. The van der Waals surface area contributed by atoms with Gasteiger partial charge in [-0.1, -0.05) is 18.9 Å². The Balaban J connectivity index is 1.62. The van der Waals surface area contributed by atoms with Gasteiger partial charge in [0, 0.05) is 11.6 Å². The largest absolute Gasteiger partial charge is 0.381 e. The minimum absolute atomic E-state index is 0.128. The van der Waals surface area contributed by atoms with Gasteiger partial charge in [-0.2, -0.15) is 0 Å². The molecule has 23 heavy (non-hydrogen) atoms. The Hall–Kier alpha value is -2.36. The monoisotopic (exact) mass is 309 g/mol. The van der Waals surface area contributed by atoms with Gasteiger partial charge in [0.15, 0.2) is 0 Å². The zero-order valence-electron chi connectivity index (χ0n) is 13.7. The van der Waals surface area contributed by atoms with Crippen LogP contribution in [-0.4, -0.2) is 16.9 Å². The van der Waals surface area contributed by atoms with Crippen molar-refractivity contribution in [3.8, 4) is 0 Å². The molecule has 1 aromatic heterocycles. The first kappa shape index (κ1) is 15.5. The summed E-state index contributed by atoms with van der Waals surface area (Å²) in [5, 5.41) is 6.34. The lowest BCUT2D eigenvalue weighted by Crippen LogP contribution is -2.15. The molecule has 1 heterocycles. The summed E-state index contributed by atoms with van der Waals surface area (Å²) >= 11 is 0. The van der Waals surface area contributed by atoms with Crippen molar-refractivity contribution in [1.82, 2.24) is 4.98 Å². The standard InChI is InChI=1S/C19H23N3O/c1-13-7-8-15(11-14(13)2)19(23)22-18-10-9-17(12-20-18)21-16-5-3-4-6-16/h7-12,16,21H,3-6H2,1-2H3,(H,20,22,23). The Morgan fingerprint density at radius 2 is 1.87 bits per heavy atom. The van der Waals surface area contributed by atoms with Crippen molar-refractivity contribution in [3.05, 3.63) is 53.2 Å². The Labute approximate surface area is 137 Å². The van der Waals surface area contributed by atoms with Crippen molar-refractivity contribution in [2.24, 2.45) is 0 Å². The number of anilines is 2. The summed E-state index contributed by atoms with van der Waals surface area (Å²) in [5.74, 6) is 0.447. The molecule has 1 fully saturated rings. The zero-order chi connectivity index (χ0) is 16.2. The molecule has 120 valence electrons. The van der Waals surface area contributed by atoms with Gasteiger partial charge < -0.3 is 10.6 Å². The van der Waals surface area contributed by atoms with Gasteiger partial charge in [0.1, 0.15) is 5.82 Å². The Morgan fingerprint density at radius 3 is 2.52 bits per heavy atom. The van der Waals surface area contributed by atoms with Crippen molar-refractivity contribution < 1.29 is 4.79 Å². The molecule has 0 radical (unpaired) electrons. The summed E-state index contributed by atoms with van der Waals surface area (Å²) < 4.78 is 0. The van der Waals surface area contributed by atoms with Gasteiger partial charge in [-0.25, -0.2) is 4.98 Å². The molecule has 1 aliphatic rings. The molecule has 3 rings (SSSR count). The Kier molecular flexibility index (Phi) is 4.60. The van der Waals surface area contributed by atoms with Crippen LogP contribution in [0.2, 0.25) is 0 Å². The van der Waals surface area contributed by atoms with Crippen LogP contribution < -0.4 is 10.6 Å². The van der Waals surface area contributed by atoms with E-state index in [4.69, 9.17) is 0 Å². The first-order valence-electron chi connectivity index (χ1n) is 8.23. The summed E-state index contributed by atoms with van der Waals surface area (Å²) in [5.41, 5.74) is 3.97. The summed E-state index contributed by atoms with van der Waals surface area (Å²) in [7, 11) is 0. The lowest BCUT2D eigenvalue weighted by molar-refractivity contribution is 0.102. The second-order valence-electron chi connectivity index (χ2n) is 6.31. The summed E-state index contributed by atoms with van der Waals surface area (Å²) in [6, 6.07) is 10.1. The van der Waals surface area contributed by atoms with Gasteiger partial charge in [0.2, 0.25) is 0 Å². The fraction of sp³-hybridized carbons (Fsp3) is 0.368. The van der Waals surface area contributed by atoms with E-state index < -0.39 is 0 Å². The molecule has 1 amide bonds. The maximum Gasteiger partial charge on any atom is 0.256 e. The lowest BCUT2D eigenvalue weighted by atomic mass is 10.1. The molecule has 0 spiro atoms. The maximum absolute atomic E-state index is 12.3. The maximum atomic E-state index is 12.3. The van der Waals surface area contributed by atoms with Crippen LogP contribution >= 0.6 is 0 Å². The molecule has 1 aliphatic carbocycles. The van der Waals surface area contributed by atoms with Crippen molar-refractivity contribution >= 4 is 17.4 Å². The van der Waals surface area contributed by atoms with Gasteiger partial charge in [0.25, 0.3) is 5.91 Å². The van der Waals surface area contributed by atoms with Crippen LogP contribution in [0.1, 0.15) is 47.2 Å². The number of amides is 1. The van der Waals surface area contributed by atoms with E-state index in [0.717, 1.165) is 11.3 Å². The first-order chi connectivity index (χ1) is 11.1. The van der Waals surface area contributed by atoms with Gasteiger partial charge >= 0.3 is 0 Å². The van der Waals surface area contributed by atoms with Crippen molar-refractivity contribution in [3.63, 3.8) is 0 Å². The quantitative estimate of drug-likeness (QED) is 0.885. The van der Waals surface area contributed by atoms with Gasteiger partial charge in [-0.3, -0.25) is 4.79 Å². The highest BCUT2D eigenvalue weighted by Crippen LogP contribution is 2.22. The van der Waals surface area contributed by atoms with E-state index in [1.165, 1.54) is 31.2 Å². The van der Waals surface area contributed by atoms with Crippen molar-refractivity contribution in [1.29, 1.82) is 0 Å². The molecule has 0 aliphatic heterocycles. The summed E-state index contributed by atoms with van der Waals surface area (Å²) in [4.78, 5) is 16.6. The third-order valence-electron chi connectivity index (χ3n) is 4.50. The van der Waals surface area contributed by atoms with Gasteiger partial charge in [-0.05, 0) is 62.1 Å². The predicted octanol–water partition coefficient (Wildman–Crippen LogP) is 4.31. The van der Waals surface area contributed by atoms with Crippen LogP contribution in [0.15, 0.2) is 36.5 Å². The number of nitrogens with zero attached hydrogens (tertiary/aromatic N) is 1. The van der Waals surface area contributed by atoms with Gasteiger partial charge in [0.05, 0.1) is 11.9 Å². The van der Waals surface area contributed by atoms with E-state index in [1.807, 2.05) is 44.2 Å². The van der Waals surface area contributed by atoms with Crippen molar-refractivity contribution in [2.75, 3.05) is 10.6 Å². The van der Waals surface area contributed by atoms with Crippen LogP contribution in [0.3, 0.4) is 0 Å². The molecule has 0 unspecified atom stereocenters. The van der Waals surface area contributed by atoms with E-state index in [0.29, 0.717) is 17.4 Å². The second-order valence-corrected chi connectivity index (χ2v) is 6.31. The van der Waals surface area contributed by atoms with Crippen LogP contribution in [-0.2, 0) is 0 Å². The molecular formula is C19H23N3O. The minimum Gasteiger partial charge on any atom is -0.381 e. The smallest absolute Gasteiger partial charge is 0.256 e. The highest BCUT2D eigenvalue weighted by molar-refractivity contribution is 6.03. The number of aromatic nitrogens is 1.